The highest BCUT2D eigenvalue weighted by Crippen LogP contribution is 2.17. The van der Waals surface area contributed by atoms with Crippen molar-refractivity contribution in [3.8, 4) is 0 Å². The van der Waals surface area contributed by atoms with Gasteiger partial charge in [0.1, 0.15) is 0 Å². The van der Waals surface area contributed by atoms with Crippen LogP contribution >= 0.6 is 0 Å². The van der Waals surface area contributed by atoms with Gasteiger partial charge in [0.05, 0.1) is 12.1 Å². The summed E-state index contributed by atoms with van der Waals surface area (Å²) in [6.07, 6.45) is 3.33. The third-order valence-electron chi connectivity index (χ3n) is 4.24. The van der Waals surface area contributed by atoms with Gasteiger partial charge in [0.25, 0.3) is 0 Å². The Morgan fingerprint density at radius 3 is 2.30 bits per heavy atom. The van der Waals surface area contributed by atoms with Crippen molar-refractivity contribution in [3.63, 3.8) is 0 Å². The number of hydrogen-bond donors (Lipinski definition) is 2. The van der Waals surface area contributed by atoms with E-state index in [1.165, 1.54) is 11.1 Å². The van der Waals surface area contributed by atoms with Gasteiger partial charge in [-0.2, -0.15) is 0 Å². The fourth-order valence-corrected chi connectivity index (χ4v) is 2.95. The van der Waals surface area contributed by atoms with Gasteiger partial charge in [-0.15, -0.1) is 0 Å². The van der Waals surface area contributed by atoms with Gasteiger partial charge in [-0.1, -0.05) is 31.2 Å². The number of rotatable bonds is 6. The monoisotopic (exact) mass is 276 g/mol. The highest BCUT2D eigenvalue weighted by Gasteiger charge is 2.26. The fraction of sp³-hybridized carbons (Fsp3) is 0.647. The van der Waals surface area contributed by atoms with Gasteiger partial charge in [-0.05, 0) is 43.9 Å². The molecule has 1 aromatic rings. The molecule has 0 radical (unpaired) electrons. The van der Waals surface area contributed by atoms with Crippen molar-refractivity contribution in [2.45, 2.75) is 38.6 Å². The smallest absolute Gasteiger partial charge is 0.0623 e. The molecular formula is C17H28N2O. The van der Waals surface area contributed by atoms with Gasteiger partial charge in [-0.3, -0.25) is 0 Å². The summed E-state index contributed by atoms with van der Waals surface area (Å²) in [5, 5.41) is 13.2. The van der Waals surface area contributed by atoms with Gasteiger partial charge < -0.3 is 15.3 Å². The summed E-state index contributed by atoms with van der Waals surface area (Å²) < 4.78 is 0. The summed E-state index contributed by atoms with van der Waals surface area (Å²) in [5.41, 5.74) is 2.79. The van der Waals surface area contributed by atoms with Crippen molar-refractivity contribution in [1.29, 1.82) is 0 Å². The minimum absolute atomic E-state index is 0.188. The number of aliphatic hydroxyl groups is 1. The molecule has 1 heterocycles. The predicted octanol–water partition coefficient (Wildman–Crippen LogP) is 1.84. The molecule has 1 aliphatic heterocycles. The van der Waals surface area contributed by atoms with Gasteiger partial charge in [0.15, 0.2) is 0 Å². The predicted molar refractivity (Wildman–Crippen MR) is 84.1 cm³/mol. The van der Waals surface area contributed by atoms with Crippen molar-refractivity contribution < 1.29 is 5.11 Å². The molecule has 0 fully saturated rings. The van der Waals surface area contributed by atoms with E-state index in [0.717, 1.165) is 45.4 Å². The molecule has 0 aromatic heterocycles. The first-order valence-electron chi connectivity index (χ1n) is 7.82. The average molecular weight is 276 g/mol. The Bertz CT molecular complexity index is 394. The lowest BCUT2D eigenvalue weighted by atomic mass is 10.0. The second-order valence-electron chi connectivity index (χ2n) is 6.19. The van der Waals surface area contributed by atoms with Crippen LogP contribution in [0.2, 0.25) is 0 Å². The lowest BCUT2D eigenvalue weighted by Gasteiger charge is -2.34. The first kappa shape index (κ1) is 15.5. The van der Waals surface area contributed by atoms with Crippen LogP contribution in [-0.2, 0) is 12.8 Å². The van der Waals surface area contributed by atoms with E-state index >= 15 is 0 Å². The molecule has 0 spiro atoms. The van der Waals surface area contributed by atoms with Crippen LogP contribution in [0.1, 0.15) is 31.4 Å². The fourth-order valence-electron chi connectivity index (χ4n) is 2.95. The molecular weight excluding hydrogens is 248 g/mol. The van der Waals surface area contributed by atoms with E-state index < -0.39 is 0 Å². The Morgan fingerprint density at radius 2 is 1.80 bits per heavy atom. The Kier molecular flexibility index (Phi) is 5.58. The van der Waals surface area contributed by atoms with E-state index in [0.29, 0.717) is 0 Å². The molecule has 20 heavy (non-hydrogen) atoms. The third-order valence-corrected chi connectivity index (χ3v) is 4.24. The molecule has 0 saturated carbocycles. The van der Waals surface area contributed by atoms with Crippen molar-refractivity contribution in [3.05, 3.63) is 35.4 Å². The molecule has 2 N–H and O–H groups in total. The molecule has 1 aromatic carbocycles. The van der Waals surface area contributed by atoms with E-state index in [1.807, 2.05) is 0 Å². The highest BCUT2D eigenvalue weighted by atomic mass is 16.3. The number of fused-ring (bicyclic) bond motifs is 1. The molecule has 3 nitrogen and oxygen atoms in total. The number of nitrogens with one attached hydrogen (secondary N) is 1. The number of benzene rings is 1. The van der Waals surface area contributed by atoms with Crippen LogP contribution in [0.25, 0.3) is 0 Å². The minimum Gasteiger partial charge on any atom is -0.394 e. The third kappa shape index (κ3) is 4.05. The van der Waals surface area contributed by atoms with E-state index in [2.05, 4.69) is 48.3 Å². The number of nitrogens with zero attached hydrogens (tertiary/aromatic N) is 1. The van der Waals surface area contributed by atoms with Crippen molar-refractivity contribution >= 4 is 0 Å². The number of aliphatic hydroxyl groups excluding tert-OH is 1. The van der Waals surface area contributed by atoms with Crippen LogP contribution in [0.3, 0.4) is 0 Å². The Morgan fingerprint density at radius 1 is 1.20 bits per heavy atom. The SMILES string of the molecule is CCCNC(C)(CO)CN1CCc2ccccc2CC1. The normalized spacial score (nSPS) is 19.1. The molecule has 3 heteroatoms. The average Bonchev–Trinajstić information content (AvgIpc) is 2.68. The largest absolute Gasteiger partial charge is 0.394 e. The standard InChI is InChI=1S/C17H28N2O/c1-3-10-18-17(2,14-20)13-19-11-8-15-6-4-5-7-16(15)9-12-19/h4-7,18,20H,3,8-14H2,1-2H3. The zero-order valence-corrected chi connectivity index (χ0v) is 12.9. The number of hydrogen-bond acceptors (Lipinski definition) is 3. The Balaban J connectivity index is 1.95. The van der Waals surface area contributed by atoms with Gasteiger partial charge in [-0.25, -0.2) is 0 Å². The summed E-state index contributed by atoms with van der Waals surface area (Å²) in [5.74, 6) is 0. The molecule has 1 unspecified atom stereocenters. The molecule has 0 aliphatic carbocycles. The lowest BCUT2D eigenvalue weighted by molar-refractivity contribution is 0.122. The summed E-state index contributed by atoms with van der Waals surface area (Å²) in [6, 6.07) is 8.77. The molecule has 112 valence electrons. The molecule has 1 atom stereocenters. The van der Waals surface area contributed by atoms with E-state index in [1.54, 1.807) is 0 Å². The molecule has 0 saturated heterocycles. The van der Waals surface area contributed by atoms with Crippen LogP contribution in [0.4, 0.5) is 0 Å². The first-order chi connectivity index (χ1) is 9.67. The maximum atomic E-state index is 9.70. The molecule has 0 amide bonds. The van der Waals surface area contributed by atoms with Crippen molar-refractivity contribution in [2.24, 2.45) is 0 Å². The van der Waals surface area contributed by atoms with Gasteiger partial charge in [0.2, 0.25) is 0 Å². The summed E-state index contributed by atoms with van der Waals surface area (Å²) in [6.45, 7) is 8.52. The maximum Gasteiger partial charge on any atom is 0.0623 e. The topological polar surface area (TPSA) is 35.5 Å². The van der Waals surface area contributed by atoms with E-state index in [-0.39, 0.29) is 12.1 Å². The van der Waals surface area contributed by atoms with Crippen LogP contribution in [0.5, 0.6) is 0 Å². The second-order valence-corrected chi connectivity index (χ2v) is 6.19. The highest BCUT2D eigenvalue weighted by molar-refractivity contribution is 5.28. The summed E-state index contributed by atoms with van der Waals surface area (Å²) in [4.78, 5) is 2.48. The summed E-state index contributed by atoms with van der Waals surface area (Å²) in [7, 11) is 0. The van der Waals surface area contributed by atoms with Crippen LogP contribution in [0.15, 0.2) is 24.3 Å². The lowest BCUT2D eigenvalue weighted by Crippen LogP contribution is -2.54. The maximum absolute atomic E-state index is 9.70. The van der Waals surface area contributed by atoms with Crippen LogP contribution in [0, 0.1) is 0 Å². The van der Waals surface area contributed by atoms with Gasteiger partial charge in [0, 0.05) is 19.6 Å². The molecule has 2 rings (SSSR count). The molecule has 0 bridgehead atoms. The van der Waals surface area contributed by atoms with Crippen LogP contribution in [-0.4, -0.2) is 48.3 Å². The first-order valence-corrected chi connectivity index (χ1v) is 7.82. The molecule has 1 aliphatic rings. The quantitative estimate of drug-likeness (QED) is 0.832. The van der Waals surface area contributed by atoms with Crippen LogP contribution < -0.4 is 5.32 Å². The van der Waals surface area contributed by atoms with E-state index in [4.69, 9.17) is 0 Å². The second kappa shape index (κ2) is 7.21. The van der Waals surface area contributed by atoms with Gasteiger partial charge >= 0.3 is 0 Å². The summed E-state index contributed by atoms with van der Waals surface area (Å²) >= 11 is 0. The Hall–Kier alpha value is -0.900. The van der Waals surface area contributed by atoms with Crippen molar-refractivity contribution in [1.82, 2.24) is 10.2 Å². The Labute approximate surface area is 123 Å². The zero-order chi connectivity index (χ0) is 14.4. The van der Waals surface area contributed by atoms with Crippen molar-refractivity contribution in [2.75, 3.05) is 32.8 Å². The zero-order valence-electron chi connectivity index (χ0n) is 12.9. The minimum atomic E-state index is -0.188. The van der Waals surface area contributed by atoms with E-state index in [9.17, 15) is 5.11 Å².